The quantitative estimate of drug-likeness (QED) is 0.789. The van der Waals surface area contributed by atoms with Crippen molar-refractivity contribution >= 4 is 9.84 Å². The van der Waals surface area contributed by atoms with Crippen LogP contribution in [-0.4, -0.2) is 54.0 Å². The molecule has 2 fully saturated rings. The van der Waals surface area contributed by atoms with Gasteiger partial charge in [0.2, 0.25) is 0 Å². The lowest BCUT2D eigenvalue weighted by molar-refractivity contribution is 0.156. The highest BCUT2D eigenvalue weighted by Crippen LogP contribution is 2.23. The minimum absolute atomic E-state index is 0.0392. The van der Waals surface area contributed by atoms with Gasteiger partial charge in [-0.05, 0) is 50.1 Å². The highest BCUT2D eigenvalue weighted by molar-refractivity contribution is 7.91. The zero-order chi connectivity index (χ0) is 18.0. The Kier molecular flexibility index (Phi) is 5.63. The first-order valence-corrected chi connectivity index (χ1v) is 11.1. The molecular formula is C18H29N3O3S. The Morgan fingerprint density at radius 3 is 2.44 bits per heavy atom. The molecule has 2 aliphatic heterocycles. The third kappa shape index (κ3) is 4.91. The Morgan fingerprint density at radius 2 is 1.88 bits per heavy atom. The number of rotatable bonds is 5. The maximum absolute atomic E-state index is 12.2. The maximum Gasteiger partial charge on any atom is 0.253 e. The molecule has 0 spiro atoms. The molecule has 0 saturated carbocycles. The third-order valence-corrected chi connectivity index (χ3v) is 7.33. The number of hydrogen-bond donors (Lipinski definition) is 0. The van der Waals surface area contributed by atoms with Gasteiger partial charge in [-0.1, -0.05) is 13.8 Å². The normalized spacial score (nSPS) is 24.8. The van der Waals surface area contributed by atoms with Crippen LogP contribution in [0.5, 0.6) is 0 Å². The van der Waals surface area contributed by atoms with Gasteiger partial charge < -0.3 is 4.90 Å². The van der Waals surface area contributed by atoms with Gasteiger partial charge in [0, 0.05) is 19.2 Å². The SMILES string of the molecule is CC(C)c1cc(=O)n(CC2CCN(CC3CCS(=O)(=O)C3)CC2)cn1. The van der Waals surface area contributed by atoms with E-state index < -0.39 is 9.84 Å². The number of nitrogens with zero attached hydrogens (tertiary/aromatic N) is 3. The highest BCUT2D eigenvalue weighted by Gasteiger charge is 2.30. The predicted octanol–water partition coefficient (Wildman–Crippen LogP) is 1.51. The van der Waals surface area contributed by atoms with Crippen LogP contribution in [0, 0.1) is 11.8 Å². The van der Waals surface area contributed by atoms with Gasteiger partial charge in [-0.2, -0.15) is 0 Å². The smallest absolute Gasteiger partial charge is 0.253 e. The molecule has 6 nitrogen and oxygen atoms in total. The van der Waals surface area contributed by atoms with E-state index >= 15 is 0 Å². The highest BCUT2D eigenvalue weighted by atomic mass is 32.2. The van der Waals surface area contributed by atoms with Gasteiger partial charge >= 0.3 is 0 Å². The molecular weight excluding hydrogens is 338 g/mol. The van der Waals surface area contributed by atoms with E-state index in [2.05, 4.69) is 9.88 Å². The van der Waals surface area contributed by atoms with E-state index in [1.54, 1.807) is 17.0 Å². The second kappa shape index (κ2) is 7.58. The Morgan fingerprint density at radius 1 is 1.16 bits per heavy atom. The molecule has 0 N–H and O–H groups in total. The van der Waals surface area contributed by atoms with Gasteiger partial charge in [0.1, 0.15) is 0 Å². The summed E-state index contributed by atoms with van der Waals surface area (Å²) in [7, 11) is -2.78. The van der Waals surface area contributed by atoms with Gasteiger partial charge in [-0.3, -0.25) is 9.36 Å². The van der Waals surface area contributed by atoms with E-state index in [1.165, 1.54) is 0 Å². The summed E-state index contributed by atoms with van der Waals surface area (Å²) in [5.74, 6) is 1.78. The lowest BCUT2D eigenvalue weighted by Crippen LogP contribution is -2.39. The molecule has 2 aliphatic rings. The maximum atomic E-state index is 12.2. The molecule has 140 valence electrons. The molecule has 7 heteroatoms. The van der Waals surface area contributed by atoms with E-state index in [4.69, 9.17) is 0 Å². The van der Waals surface area contributed by atoms with E-state index in [0.717, 1.165) is 51.1 Å². The molecule has 0 amide bonds. The first-order chi connectivity index (χ1) is 11.8. The summed E-state index contributed by atoms with van der Waals surface area (Å²) in [4.78, 5) is 19.0. The standard InChI is InChI=1S/C18H29N3O3S/c1-14(2)17-9-18(22)21(13-19-17)11-15-3-6-20(7-4-15)10-16-5-8-25(23,24)12-16/h9,13-16H,3-8,10-12H2,1-2H3. The molecule has 1 aromatic rings. The fraction of sp³-hybridized carbons (Fsp3) is 0.778. The van der Waals surface area contributed by atoms with E-state index in [9.17, 15) is 13.2 Å². The second-order valence-corrected chi connectivity index (χ2v) is 10.2. The molecule has 0 bridgehead atoms. The number of sulfone groups is 1. The molecule has 2 saturated heterocycles. The molecule has 25 heavy (non-hydrogen) atoms. The summed E-state index contributed by atoms with van der Waals surface area (Å²) in [6.07, 6.45) is 4.61. The van der Waals surface area contributed by atoms with Crippen molar-refractivity contribution in [3.05, 3.63) is 28.4 Å². The first kappa shape index (κ1) is 18.6. The van der Waals surface area contributed by atoms with Gasteiger partial charge in [0.25, 0.3) is 5.56 Å². The summed E-state index contributed by atoms with van der Waals surface area (Å²) in [5, 5.41) is 0. The van der Waals surface area contributed by atoms with Gasteiger partial charge in [0.15, 0.2) is 9.84 Å². The zero-order valence-corrected chi connectivity index (χ0v) is 16.0. The Balaban J connectivity index is 1.49. The Bertz CT molecular complexity index is 749. The topological polar surface area (TPSA) is 72.3 Å². The lowest BCUT2D eigenvalue weighted by atomic mass is 9.95. The van der Waals surface area contributed by atoms with E-state index in [1.807, 2.05) is 13.8 Å². The van der Waals surface area contributed by atoms with Crippen molar-refractivity contribution in [3.8, 4) is 0 Å². The van der Waals surface area contributed by atoms with Crippen molar-refractivity contribution in [2.75, 3.05) is 31.1 Å². The largest absolute Gasteiger partial charge is 0.303 e. The van der Waals surface area contributed by atoms with Crippen LogP contribution < -0.4 is 5.56 Å². The van der Waals surface area contributed by atoms with Crippen molar-refractivity contribution < 1.29 is 8.42 Å². The van der Waals surface area contributed by atoms with Crippen LogP contribution >= 0.6 is 0 Å². The third-order valence-electron chi connectivity index (χ3n) is 5.50. The minimum atomic E-state index is -2.78. The monoisotopic (exact) mass is 367 g/mol. The summed E-state index contributed by atoms with van der Waals surface area (Å²) >= 11 is 0. The minimum Gasteiger partial charge on any atom is -0.303 e. The fourth-order valence-corrected chi connectivity index (χ4v) is 5.75. The van der Waals surface area contributed by atoms with Crippen LogP contribution in [0.1, 0.15) is 44.7 Å². The fourth-order valence-electron chi connectivity index (χ4n) is 3.90. The Hall–Kier alpha value is -1.21. The Labute approximate surface area is 150 Å². The van der Waals surface area contributed by atoms with Crippen molar-refractivity contribution in [1.82, 2.24) is 14.5 Å². The molecule has 1 aromatic heterocycles. The molecule has 3 rings (SSSR count). The van der Waals surface area contributed by atoms with Crippen LogP contribution in [0.15, 0.2) is 17.2 Å². The first-order valence-electron chi connectivity index (χ1n) is 9.31. The van der Waals surface area contributed by atoms with Crippen LogP contribution in [0.2, 0.25) is 0 Å². The average molecular weight is 368 g/mol. The van der Waals surface area contributed by atoms with Gasteiger partial charge in [0.05, 0.1) is 23.5 Å². The molecule has 3 heterocycles. The van der Waals surface area contributed by atoms with Crippen LogP contribution in [0.4, 0.5) is 0 Å². The van der Waals surface area contributed by atoms with Crippen molar-refractivity contribution in [2.24, 2.45) is 11.8 Å². The number of likely N-dealkylation sites (tertiary alicyclic amines) is 1. The predicted molar refractivity (Wildman–Crippen MR) is 98.5 cm³/mol. The number of aromatic nitrogens is 2. The average Bonchev–Trinajstić information content (AvgIpc) is 2.89. The van der Waals surface area contributed by atoms with Gasteiger partial charge in [-0.25, -0.2) is 13.4 Å². The lowest BCUT2D eigenvalue weighted by Gasteiger charge is -2.33. The second-order valence-electron chi connectivity index (χ2n) is 7.97. The summed E-state index contributed by atoms with van der Waals surface area (Å²) in [5.41, 5.74) is 0.889. The number of hydrogen-bond acceptors (Lipinski definition) is 5. The van der Waals surface area contributed by atoms with Crippen molar-refractivity contribution in [1.29, 1.82) is 0 Å². The van der Waals surface area contributed by atoms with Gasteiger partial charge in [-0.15, -0.1) is 0 Å². The number of piperidine rings is 1. The van der Waals surface area contributed by atoms with Crippen molar-refractivity contribution in [2.45, 2.75) is 45.6 Å². The van der Waals surface area contributed by atoms with Crippen LogP contribution in [0.3, 0.4) is 0 Å². The zero-order valence-electron chi connectivity index (χ0n) is 15.2. The molecule has 1 unspecified atom stereocenters. The van der Waals surface area contributed by atoms with E-state index in [0.29, 0.717) is 23.3 Å². The van der Waals surface area contributed by atoms with Crippen LogP contribution in [0.25, 0.3) is 0 Å². The summed E-state index contributed by atoms with van der Waals surface area (Å²) in [6, 6.07) is 1.65. The molecule has 0 aromatic carbocycles. The molecule has 1 atom stereocenters. The summed E-state index contributed by atoms with van der Waals surface area (Å²) in [6.45, 7) is 7.70. The van der Waals surface area contributed by atoms with Crippen molar-refractivity contribution in [3.63, 3.8) is 0 Å². The van der Waals surface area contributed by atoms with Crippen LogP contribution in [-0.2, 0) is 16.4 Å². The summed E-state index contributed by atoms with van der Waals surface area (Å²) < 4.78 is 24.9. The molecule has 0 radical (unpaired) electrons. The van der Waals surface area contributed by atoms with E-state index in [-0.39, 0.29) is 11.5 Å². The molecule has 0 aliphatic carbocycles.